The van der Waals surface area contributed by atoms with Gasteiger partial charge in [-0.3, -0.25) is 0 Å². The van der Waals surface area contributed by atoms with Gasteiger partial charge in [0.25, 0.3) is 0 Å². The number of aromatic nitrogens is 2. The monoisotopic (exact) mass is 410 g/mol. The third-order valence-corrected chi connectivity index (χ3v) is 6.32. The summed E-state index contributed by atoms with van der Waals surface area (Å²) >= 11 is 0. The van der Waals surface area contributed by atoms with E-state index in [4.69, 9.17) is 10.2 Å². The molecule has 4 nitrogen and oxygen atoms in total. The second-order valence-electron chi connectivity index (χ2n) is 8.22. The Morgan fingerprint density at radius 1 is 0.742 bits per heavy atom. The van der Waals surface area contributed by atoms with Gasteiger partial charge in [0.05, 0.1) is 11.4 Å². The minimum atomic E-state index is 0. The van der Waals surface area contributed by atoms with E-state index in [1.807, 2.05) is 0 Å². The fraction of sp³-hybridized carbons (Fsp3) is 0.259. The van der Waals surface area contributed by atoms with E-state index in [0.717, 1.165) is 30.9 Å². The Balaban J connectivity index is 0.00000231. The maximum atomic E-state index is 4.88. The lowest BCUT2D eigenvalue weighted by Crippen LogP contribution is -2.31. The van der Waals surface area contributed by atoms with Crippen LogP contribution in [0.25, 0.3) is 10.8 Å². The van der Waals surface area contributed by atoms with Crippen LogP contribution in [0.2, 0.25) is 0 Å². The van der Waals surface area contributed by atoms with Gasteiger partial charge in [-0.25, -0.2) is 0 Å². The molecule has 4 aromatic rings. The van der Waals surface area contributed by atoms with Crippen molar-refractivity contribution in [1.82, 2.24) is 21.7 Å². The molecule has 0 saturated carbocycles. The maximum Gasteiger partial charge on any atom is 0.0786 e. The van der Waals surface area contributed by atoms with Crippen LogP contribution in [0, 0.1) is 5.92 Å². The molecule has 3 aromatic carbocycles. The third-order valence-electron chi connectivity index (χ3n) is 6.32. The first-order valence-electron chi connectivity index (χ1n) is 10.9. The van der Waals surface area contributed by atoms with Crippen LogP contribution in [-0.4, -0.2) is 23.3 Å². The standard InChI is InChI=1S/C27H27N3.H3N/c1-3-9-20(10-4-1)19-25-23-13-7-8-14-24(23)27(30-29-25)26(21-11-5-2-6-12-21)22-15-17-28-18-16-22;/h1-14,22,26,28H,15-19H2;1H3. The van der Waals surface area contributed by atoms with E-state index in [9.17, 15) is 0 Å². The van der Waals surface area contributed by atoms with Gasteiger partial charge in [0.1, 0.15) is 0 Å². The molecule has 0 spiro atoms. The van der Waals surface area contributed by atoms with Crippen molar-refractivity contribution in [2.24, 2.45) is 5.92 Å². The topological polar surface area (TPSA) is 72.8 Å². The summed E-state index contributed by atoms with van der Waals surface area (Å²) < 4.78 is 0. The van der Waals surface area contributed by atoms with Crippen LogP contribution in [-0.2, 0) is 6.42 Å². The van der Waals surface area contributed by atoms with Gasteiger partial charge in [-0.05, 0) is 43.0 Å². The van der Waals surface area contributed by atoms with E-state index >= 15 is 0 Å². The van der Waals surface area contributed by atoms with Crippen LogP contribution in [0.3, 0.4) is 0 Å². The highest BCUT2D eigenvalue weighted by Crippen LogP contribution is 2.39. The normalized spacial score (nSPS) is 15.4. The van der Waals surface area contributed by atoms with Gasteiger partial charge < -0.3 is 11.5 Å². The summed E-state index contributed by atoms with van der Waals surface area (Å²) in [5, 5.41) is 15.6. The van der Waals surface area contributed by atoms with Crippen molar-refractivity contribution in [3.63, 3.8) is 0 Å². The quantitative estimate of drug-likeness (QED) is 0.455. The molecule has 31 heavy (non-hydrogen) atoms. The first-order chi connectivity index (χ1) is 14.9. The van der Waals surface area contributed by atoms with Crippen LogP contribution >= 0.6 is 0 Å². The summed E-state index contributed by atoms with van der Waals surface area (Å²) in [7, 11) is 0. The molecule has 0 bridgehead atoms. The molecule has 4 heteroatoms. The van der Waals surface area contributed by atoms with E-state index in [1.54, 1.807) is 0 Å². The number of piperidine rings is 1. The molecule has 1 atom stereocenters. The zero-order valence-electron chi connectivity index (χ0n) is 17.9. The van der Waals surface area contributed by atoms with Crippen molar-refractivity contribution in [1.29, 1.82) is 0 Å². The fourth-order valence-electron chi connectivity index (χ4n) is 4.82. The highest BCUT2D eigenvalue weighted by Gasteiger charge is 2.29. The average Bonchev–Trinajstić information content (AvgIpc) is 2.83. The third kappa shape index (κ3) is 4.50. The molecule has 1 aliphatic heterocycles. The van der Waals surface area contributed by atoms with Crippen LogP contribution in [0.1, 0.15) is 41.3 Å². The van der Waals surface area contributed by atoms with Crippen molar-refractivity contribution in [2.75, 3.05) is 13.1 Å². The smallest absolute Gasteiger partial charge is 0.0786 e. The summed E-state index contributed by atoms with van der Waals surface area (Å²) in [6.07, 6.45) is 3.14. The van der Waals surface area contributed by atoms with Crippen molar-refractivity contribution < 1.29 is 0 Å². The first kappa shape index (κ1) is 21.2. The van der Waals surface area contributed by atoms with Crippen LogP contribution in [0.15, 0.2) is 84.9 Å². The molecule has 158 valence electrons. The SMILES string of the molecule is N.c1ccc(Cc2nnc(C(c3ccccc3)C3CCNCC3)c3ccccc23)cc1. The van der Waals surface area contributed by atoms with Crippen molar-refractivity contribution in [2.45, 2.75) is 25.2 Å². The zero-order valence-corrected chi connectivity index (χ0v) is 17.9. The van der Waals surface area contributed by atoms with E-state index in [-0.39, 0.29) is 12.1 Å². The predicted octanol–water partition coefficient (Wildman–Crippen LogP) is 5.51. The molecule has 1 fully saturated rings. The van der Waals surface area contributed by atoms with Gasteiger partial charge in [0.15, 0.2) is 0 Å². The lowest BCUT2D eigenvalue weighted by atomic mass is 9.77. The van der Waals surface area contributed by atoms with E-state index in [2.05, 4.69) is 90.2 Å². The zero-order chi connectivity index (χ0) is 20.2. The van der Waals surface area contributed by atoms with Crippen molar-refractivity contribution in [3.8, 4) is 0 Å². The molecule has 1 aliphatic rings. The largest absolute Gasteiger partial charge is 0.344 e. The molecular formula is C27H30N4. The molecule has 5 rings (SSSR count). The minimum Gasteiger partial charge on any atom is -0.344 e. The Morgan fingerprint density at radius 2 is 1.35 bits per heavy atom. The van der Waals surface area contributed by atoms with Crippen LogP contribution in [0.5, 0.6) is 0 Å². The highest BCUT2D eigenvalue weighted by atomic mass is 15.1. The lowest BCUT2D eigenvalue weighted by Gasteiger charge is -2.31. The number of benzene rings is 3. The van der Waals surface area contributed by atoms with Crippen molar-refractivity contribution >= 4 is 10.8 Å². The average molecular weight is 411 g/mol. The first-order valence-corrected chi connectivity index (χ1v) is 10.9. The number of hydrogen-bond donors (Lipinski definition) is 2. The van der Waals surface area contributed by atoms with Crippen LogP contribution < -0.4 is 11.5 Å². The Morgan fingerprint density at radius 3 is 2.06 bits per heavy atom. The molecular weight excluding hydrogens is 380 g/mol. The van der Waals surface area contributed by atoms with Gasteiger partial charge in [-0.2, -0.15) is 10.2 Å². The second kappa shape index (κ2) is 9.82. The van der Waals surface area contributed by atoms with Gasteiger partial charge >= 0.3 is 0 Å². The molecule has 0 amide bonds. The van der Waals surface area contributed by atoms with E-state index < -0.39 is 0 Å². The molecule has 2 heterocycles. The Hall–Kier alpha value is -3.08. The molecule has 1 aromatic heterocycles. The molecule has 1 unspecified atom stereocenters. The van der Waals surface area contributed by atoms with Gasteiger partial charge in [0, 0.05) is 23.1 Å². The molecule has 1 saturated heterocycles. The number of nitrogens with zero attached hydrogens (tertiary/aromatic N) is 2. The van der Waals surface area contributed by atoms with Gasteiger partial charge in [-0.15, -0.1) is 0 Å². The number of fused-ring (bicyclic) bond motifs is 1. The highest BCUT2D eigenvalue weighted by molar-refractivity contribution is 5.87. The summed E-state index contributed by atoms with van der Waals surface area (Å²) in [6, 6.07) is 30.1. The second-order valence-corrected chi connectivity index (χ2v) is 8.22. The van der Waals surface area contributed by atoms with E-state index in [1.165, 1.54) is 34.7 Å². The maximum absolute atomic E-state index is 4.88. The summed E-state index contributed by atoms with van der Waals surface area (Å²) in [4.78, 5) is 0. The minimum absolute atomic E-state index is 0. The summed E-state index contributed by atoms with van der Waals surface area (Å²) in [5.74, 6) is 0.850. The lowest BCUT2D eigenvalue weighted by molar-refractivity contribution is 0.339. The summed E-state index contributed by atoms with van der Waals surface area (Å²) in [5.41, 5.74) is 4.79. The molecule has 0 aliphatic carbocycles. The Labute approximate surface area is 184 Å². The van der Waals surface area contributed by atoms with Crippen molar-refractivity contribution in [3.05, 3.63) is 107 Å². The van der Waals surface area contributed by atoms with Gasteiger partial charge in [0.2, 0.25) is 0 Å². The Kier molecular flexibility index (Phi) is 6.70. The molecule has 4 N–H and O–H groups in total. The van der Waals surface area contributed by atoms with Crippen LogP contribution in [0.4, 0.5) is 0 Å². The molecule has 0 radical (unpaired) electrons. The Bertz CT molecular complexity index is 1110. The summed E-state index contributed by atoms with van der Waals surface area (Å²) in [6.45, 7) is 2.15. The number of rotatable bonds is 5. The fourth-order valence-corrected chi connectivity index (χ4v) is 4.82. The number of hydrogen-bond acceptors (Lipinski definition) is 4. The predicted molar refractivity (Wildman–Crippen MR) is 128 cm³/mol. The van der Waals surface area contributed by atoms with Gasteiger partial charge in [-0.1, -0.05) is 84.9 Å². The van der Waals surface area contributed by atoms with E-state index in [0.29, 0.717) is 5.92 Å². The number of nitrogens with one attached hydrogen (secondary N) is 1.